The van der Waals surface area contributed by atoms with Gasteiger partial charge in [-0.25, -0.2) is 0 Å². The van der Waals surface area contributed by atoms with E-state index in [9.17, 15) is 34.5 Å². The number of carbonyl (C=O) groups is 4. The van der Waals surface area contributed by atoms with Crippen molar-refractivity contribution in [1.82, 2.24) is 9.80 Å². The van der Waals surface area contributed by atoms with Gasteiger partial charge in [-0.15, -0.1) is 0 Å². The van der Waals surface area contributed by atoms with E-state index in [1.54, 1.807) is 29.2 Å². The third-order valence-corrected chi connectivity index (χ3v) is 5.41. The highest BCUT2D eigenvalue weighted by Crippen LogP contribution is 2.28. The first-order valence-corrected chi connectivity index (χ1v) is 10.1. The normalized spacial score (nSPS) is 18.8. The molecule has 1 saturated carbocycles. The molecule has 0 aromatic heterocycles. The molecule has 1 aliphatic rings. The van der Waals surface area contributed by atoms with Gasteiger partial charge in [-0.2, -0.15) is 0 Å². The van der Waals surface area contributed by atoms with Crippen molar-refractivity contribution in [2.45, 2.75) is 50.7 Å². The zero-order valence-corrected chi connectivity index (χ0v) is 17.1. The second kappa shape index (κ2) is 11.4. The third-order valence-electron chi connectivity index (χ3n) is 5.41. The first-order valence-electron chi connectivity index (χ1n) is 10.1. The highest BCUT2D eigenvalue weighted by molar-refractivity contribution is 5.73. The molecule has 0 amide bonds. The summed E-state index contributed by atoms with van der Waals surface area (Å²) in [5.74, 6) is -4.24. The predicted octanol–water partition coefficient (Wildman–Crippen LogP) is 0.983. The average Bonchev–Trinajstić information content (AvgIpc) is 2.67. The molecule has 2 rings (SSSR count). The number of hydrogen-bond acceptors (Lipinski definition) is 6. The van der Waals surface area contributed by atoms with Crippen molar-refractivity contribution in [2.24, 2.45) is 0 Å². The predicted molar refractivity (Wildman–Crippen MR) is 109 cm³/mol. The fourth-order valence-electron chi connectivity index (χ4n) is 4.22. The Balaban J connectivity index is 2.25. The number of carboxylic acid groups (broad SMARTS) is 4. The summed E-state index contributed by atoms with van der Waals surface area (Å²) in [4.78, 5) is 48.1. The summed E-state index contributed by atoms with van der Waals surface area (Å²) in [6.45, 7) is -0.864. The first kappa shape index (κ1) is 24.3. The Labute approximate surface area is 179 Å². The number of carboxylic acids is 4. The van der Waals surface area contributed by atoms with Crippen LogP contribution in [0.15, 0.2) is 24.3 Å². The van der Waals surface area contributed by atoms with E-state index in [4.69, 9.17) is 5.11 Å². The molecule has 1 fully saturated rings. The minimum atomic E-state index is -1.13. The Kier molecular flexibility index (Phi) is 8.95. The molecule has 170 valence electrons. The van der Waals surface area contributed by atoms with Crippen LogP contribution in [0.1, 0.15) is 36.8 Å². The quantitative estimate of drug-likeness (QED) is 0.372. The molecule has 0 spiro atoms. The maximum Gasteiger partial charge on any atom is 0.317 e. The Bertz CT molecular complexity index is 779. The van der Waals surface area contributed by atoms with Gasteiger partial charge in [0, 0.05) is 18.6 Å². The van der Waals surface area contributed by atoms with E-state index in [-0.39, 0.29) is 25.6 Å². The Morgan fingerprint density at radius 3 is 1.55 bits per heavy atom. The number of rotatable bonds is 12. The van der Waals surface area contributed by atoms with Crippen molar-refractivity contribution in [3.8, 4) is 0 Å². The summed E-state index contributed by atoms with van der Waals surface area (Å²) in [6, 6.07) is 6.15. The number of hydrogen-bond donors (Lipinski definition) is 4. The van der Waals surface area contributed by atoms with E-state index < -0.39 is 43.0 Å². The van der Waals surface area contributed by atoms with Crippen LogP contribution in [-0.2, 0) is 32.1 Å². The maximum absolute atomic E-state index is 11.5. The molecule has 1 aromatic rings. The summed E-state index contributed by atoms with van der Waals surface area (Å²) in [7, 11) is 0. The monoisotopic (exact) mass is 436 g/mol. The van der Waals surface area contributed by atoms with E-state index in [1.165, 1.54) is 4.90 Å². The molecule has 10 nitrogen and oxygen atoms in total. The summed E-state index contributed by atoms with van der Waals surface area (Å²) in [6.07, 6.45) is 2.75. The lowest BCUT2D eigenvalue weighted by molar-refractivity contribution is -0.146. The van der Waals surface area contributed by atoms with Crippen molar-refractivity contribution in [2.75, 3.05) is 19.6 Å². The number of nitrogens with zero attached hydrogens (tertiary/aromatic N) is 2. The molecule has 0 unspecified atom stereocenters. The van der Waals surface area contributed by atoms with Crippen molar-refractivity contribution < 1.29 is 39.6 Å². The molecule has 0 heterocycles. The van der Waals surface area contributed by atoms with Crippen molar-refractivity contribution >= 4 is 23.9 Å². The summed E-state index contributed by atoms with van der Waals surface area (Å²) >= 11 is 0. The SMILES string of the molecule is O=C(O)Cc1ccc(CN(CC(=O)O)[C@@H]2CCCC[C@H]2N(CC(=O)O)CC(=O)O)cc1. The zero-order valence-electron chi connectivity index (χ0n) is 17.1. The highest BCUT2D eigenvalue weighted by Gasteiger charge is 2.36. The van der Waals surface area contributed by atoms with E-state index in [0.717, 1.165) is 18.4 Å². The van der Waals surface area contributed by atoms with Crippen LogP contribution in [-0.4, -0.2) is 85.8 Å². The van der Waals surface area contributed by atoms with Crippen molar-refractivity contribution in [3.63, 3.8) is 0 Å². The zero-order chi connectivity index (χ0) is 23.0. The minimum absolute atomic E-state index is 0.108. The lowest BCUT2D eigenvalue weighted by Gasteiger charge is -2.44. The van der Waals surface area contributed by atoms with Gasteiger partial charge in [0.2, 0.25) is 0 Å². The van der Waals surface area contributed by atoms with Crippen LogP contribution in [0, 0.1) is 0 Å². The minimum Gasteiger partial charge on any atom is -0.481 e. The molecule has 10 heteroatoms. The second-order valence-corrected chi connectivity index (χ2v) is 7.80. The largest absolute Gasteiger partial charge is 0.481 e. The van der Waals surface area contributed by atoms with Crippen molar-refractivity contribution in [1.29, 1.82) is 0 Å². The topological polar surface area (TPSA) is 156 Å². The van der Waals surface area contributed by atoms with Gasteiger partial charge < -0.3 is 20.4 Å². The van der Waals surface area contributed by atoms with Crippen LogP contribution in [0.5, 0.6) is 0 Å². The highest BCUT2D eigenvalue weighted by atomic mass is 16.4. The maximum atomic E-state index is 11.5. The van der Waals surface area contributed by atoms with E-state index >= 15 is 0 Å². The van der Waals surface area contributed by atoms with Gasteiger partial charge >= 0.3 is 23.9 Å². The molecule has 31 heavy (non-hydrogen) atoms. The van der Waals surface area contributed by atoms with Gasteiger partial charge in [-0.1, -0.05) is 37.1 Å². The number of benzene rings is 1. The average molecular weight is 436 g/mol. The van der Waals surface area contributed by atoms with Gasteiger partial charge in [0.15, 0.2) is 0 Å². The summed E-state index contributed by atoms with van der Waals surface area (Å²) in [5, 5.41) is 36.8. The molecule has 2 atom stereocenters. The van der Waals surface area contributed by atoms with Gasteiger partial charge in [0.05, 0.1) is 26.1 Å². The van der Waals surface area contributed by atoms with E-state index in [1.807, 2.05) is 0 Å². The molecular formula is C21H28N2O8. The first-order chi connectivity index (χ1) is 14.7. The molecular weight excluding hydrogens is 408 g/mol. The fourth-order valence-corrected chi connectivity index (χ4v) is 4.22. The van der Waals surface area contributed by atoms with Gasteiger partial charge in [-0.05, 0) is 24.0 Å². The van der Waals surface area contributed by atoms with Crippen molar-refractivity contribution in [3.05, 3.63) is 35.4 Å². The Hall–Kier alpha value is -2.98. The van der Waals surface area contributed by atoms with Crippen LogP contribution < -0.4 is 0 Å². The lowest BCUT2D eigenvalue weighted by Crippen LogP contribution is -2.56. The van der Waals surface area contributed by atoms with E-state index in [0.29, 0.717) is 18.4 Å². The smallest absolute Gasteiger partial charge is 0.317 e. The van der Waals surface area contributed by atoms with Crippen LogP contribution in [0.3, 0.4) is 0 Å². The molecule has 0 bridgehead atoms. The number of aliphatic carboxylic acids is 4. The molecule has 1 aromatic carbocycles. The Morgan fingerprint density at radius 1 is 0.677 bits per heavy atom. The molecule has 1 aliphatic carbocycles. The summed E-state index contributed by atoms with van der Waals surface area (Å²) < 4.78 is 0. The molecule has 4 N–H and O–H groups in total. The van der Waals surface area contributed by atoms with Crippen LogP contribution >= 0.6 is 0 Å². The van der Waals surface area contributed by atoms with Gasteiger partial charge in [0.1, 0.15) is 0 Å². The molecule has 0 radical (unpaired) electrons. The Morgan fingerprint density at radius 2 is 1.10 bits per heavy atom. The molecule has 0 aliphatic heterocycles. The second-order valence-electron chi connectivity index (χ2n) is 7.80. The third kappa shape index (κ3) is 7.99. The standard InChI is InChI=1S/C21H28N2O8/c24-18(25)9-14-5-7-15(8-6-14)10-22(11-19(26)27)16-3-1-2-4-17(16)23(12-20(28)29)13-21(30)31/h5-8,16-17H,1-4,9-13H2,(H,24,25)(H,26,27)(H,28,29)(H,30,31)/t16-,17-/m1/s1. The van der Waals surface area contributed by atoms with Crippen LogP contribution in [0.4, 0.5) is 0 Å². The van der Waals surface area contributed by atoms with Crippen LogP contribution in [0.2, 0.25) is 0 Å². The van der Waals surface area contributed by atoms with E-state index in [2.05, 4.69) is 0 Å². The lowest BCUT2D eigenvalue weighted by atomic mass is 9.87. The fraction of sp³-hybridized carbons (Fsp3) is 0.524. The van der Waals surface area contributed by atoms with Gasteiger partial charge in [-0.3, -0.25) is 29.0 Å². The van der Waals surface area contributed by atoms with Gasteiger partial charge in [0.25, 0.3) is 0 Å². The summed E-state index contributed by atoms with van der Waals surface area (Å²) in [5.41, 5.74) is 1.42. The molecule has 0 saturated heterocycles. The van der Waals surface area contributed by atoms with Crippen LogP contribution in [0.25, 0.3) is 0 Å².